The van der Waals surface area contributed by atoms with Crippen LogP contribution in [0.4, 0.5) is 0 Å². The summed E-state index contributed by atoms with van der Waals surface area (Å²) >= 11 is 0. The molecule has 1 heterocycles. The summed E-state index contributed by atoms with van der Waals surface area (Å²) in [5, 5.41) is 6.73. The van der Waals surface area contributed by atoms with Crippen molar-refractivity contribution >= 4 is 9.92 Å². The van der Waals surface area contributed by atoms with Gasteiger partial charge in [0.05, 0.1) is 0 Å². The van der Waals surface area contributed by atoms with Crippen molar-refractivity contribution in [1.29, 1.82) is 0 Å². The first-order valence-corrected chi connectivity index (χ1v) is 5.07. The third-order valence-electron chi connectivity index (χ3n) is 1.49. The van der Waals surface area contributed by atoms with Gasteiger partial charge in [-0.15, -0.1) is 0 Å². The van der Waals surface area contributed by atoms with Crippen LogP contribution in [0.15, 0.2) is 27.6 Å². The average Bonchev–Trinajstić information content (AvgIpc) is 1.86. The van der Waals surface area contributed by atoms with Crippen LogP contribution < -0.4 is 5.14 Å². The van der Waals surface area contributed by atoms with Crippen molar-refractivity contribution < 1.29 is 4.21 Å². The lowest BCUT2D eigenvalue weighted by Crippen LogP contribution is -2.09. The zero-order valence-corrected chi connectivity index (χ0v) is 7.47. The van der Waals surface area contributed by atoms with Crippen LogP contribution >= 0.6 is 0 Å². The molecule has 0 aromatic heterocycles. The van der Waals surface area contributed by atoms with Crippen LogP contribution in [0.25, 0.3) is 0 Å². The molecule has 4 heteroatoms. The highest BCUT2D eigenvalue weighted by Gasteiger charge is 2.04. The Morgan fingerprint density at radius 3 is 2.64 bits per heavy atom. The Balaban J connectivity index is 3.00. The lowest BCUT2D eigenvalue weighted by atomic mass is 10.1. The van der Waals surface area contributed by atoms with Crippen molar-refractivity contribution in [3.63, 3.8) is 0 Å². The van der Waals surface area contributed by atoms with E-state index < -0.39 is 9.92 Å². The van der Waals surface area contributed by atoms with Gasteiger partial charge in [-0.25, -0.2) is 9.35 Å². The van der Waals surface area contributed by atoms with Gasteiger partial charge >= 0.3 is 0 Å². The molecule has 1 rings (SSSR count). The van der Waals surface area contributed by atoms with E-state index in [1.807, 2.05) is 0 Å². The van der Waals surface area contributed by atoms with Gasteiger partial charge in [-0.3, -0.25) is 0 Å². The van der Waals surface area contributed by atoms with Crippen LogP contribution in [-0.4, -0.2) is 4.21 Å². The summed E-state index contributed by atoms with van der Waals surface area (Å²) in [4.78, 5) is 0. The molecule has 1 atom stereocenters. The maximum Gasteiger partial charge on any atom is 0.132 e. The Bertz CT molecular complexity index is 319. The molecule has 1 aliphatic rings. The number of nitrogens with zero attached hydrogens (tertiary/aromatic N) is 1. The molecular weight excluding hydrogens is 160 g/mol. The van der Waals surface area contributed by atoms with E-state index in [1.54, 1.807) is 12.3 Å². The van der Waals surface area contributed by atoms with E-state index in [2.05, 4.69) is 18.2 Å². The topological polar surface area (TPSA) is 55.4 Å². The normalized spacial score (nSPS) is 30.0. The Morgan fingerprint density at radius 2 is 2.27 bits per heavy atom. The van der Waals surface area contributed by atoms with E-state index in [0.717, 1.165) is 5.57 Å². The largest absolute Gasteiger partial charge is 0.241 e. The van der Waals surface area contributed by atoms with Gasteiger partial charge in [0.15, 0.2) is 0 Å². The lowest BCUT2D eigenvalue weighted by Gasteiger charge is -2.08. The van der Waals surface area contributed by atoms with Crippen molar-refractivity contribution in [2.24, 2.45) is 15.4 Å². The summed E-state index contributed by atoms with van der Waals surface area (Å²) < 4.78 is 14.8. The quantitative estimate of drug-likeness (QED) is 0.638. The van der Waals surface area contributed by atoms with Crippen LogP contribution in [0.2, 0.25) is 0 Å². The molecule has 2 N–H and O–H groups in total. The molecule has 0 aromatic carbocycles. The Hall–Kier alpha value is -0.610. The first-order valence-electron chi connectivity index (χ1n) is 3.43. The van der Waals surface area contributed by atoms with E-state index in [-0.39, 0.29) is 0 Å². The number of hydrogen-bond acceptors (Lipinski definition) is 2. The molecule has 0 saturated heterocycles. The molecule has 0 aromatic rings. The monoisotopic (exact) mass is 172 g/mol. The molecule has 0 bridgehead atoms. The van der Waals surface area contributed by atoms with Crippen molar-refractivity contribution in [2.75, 3.05) is 0 Å². The molecule has 62 valence electrons. The van der Waals surface area contributed by atoms with Gasteiger partial charge in [0, 0.05) is 11.6 Å². The van der Waals surface area contributed by atoms with E-state index in [9.17, 15) is 4.21 Å². The summed E-state index contributed by atoms with van der Waals surface area (Å²) in [7, 11) is -2.53. The predicted octanol–water partition coefficient (Wildman–Crippen LogP) is 1.40. The van der Waals surface area contributed by atoms with Gasteiger partial charge in [-0.05, 0) is 17.6 Å². The molecule has 0 amide bonds. The first kappa shape index (κ1) is 8.49. The molecule has 1 aliphatic heterocycles. The standard InChI is InChI=1S/C7H12N2OS/c1-6(2)7-3-4-11(8,10)9-5-7/h3-6H,1-2H3,(H2,8,9,10). The number of allylic oxidation sites excluding steroid dienone is 2. The smallest absolute Gasteiger partial charge is 0.132 e. The molecular formula is C7H12N2OS. The molecule has 0 radical (unpaired) electrons. The van der Waals surface area contributed by atoms with Crippen LogP contribution in [0.1, 0.15) is 13.8 Å². The molecule has 0 fully saturated rings. The Labute approximate surface area is 67.3 Å². The third-order valence-corrected chi connectivity index (χ3v) is 2.45. The molecule has 3 nitrogen and oxygen atoms in total. The fraction of sp³-hybridized carbons (Fsp3) is 0.429. The molecule has 1 unspecified atom stereocenters. The SMILES string of the molecule is CC(C)C1=CN=S(N)(=O)C=C1. The minimum Gasteiger partial charge on any atom is -0.241 e. The van der Waals surface area contributed by atoms with Gasteiger partial charge in [0.1, 0.15) is 9.92 Å². The zero-order valence-electron chi connectivity index (χ0n) is 6.65. The predicted molar refractivity (Wildman–Crippen MR) is 46.8 cm³/mol. The van der Waals surface area contributed by atoms with E-state index >= 15 is 0 Å². The molecule has 0 aliphatic carbocycles. The number of nitrogens with two attached hydrogens (primary N) is 1. The van der Waals surface area contributed by atoms with Gasteiger partial charge in [-0.1, -0.05) is 13.8 Å². The van der Waals surface area contributed by atoms with E-state index in [0.29, 0.717) is 5.92 Å². The summed E-state index contributed by atoms with van der Waals surface area (Å²) in [6, 6.07) is 0. The van der Waals surface area contributed by atoms with Crippen molar-refractivity contribution in [1.82, 2.24) is 0 Å². The number of rotatable bonds is 1. The Morgan fingerprint density at radius 1 is 1.64 bits per heavy atom. The summed E-state index contributed by atoms with van der Waals surface area (Å²) in [6.07, 6.45) is 3.37. The highest BCUT2D eigenvalue weighted by Crippen LogP contribution is 2.15. The van der Waals surface area contributed by atoms with E-state index in [1.165, 1.54) is 5.41 Å². The van der Waals surface area contributed by atoms with Gasteiger partial charge in [-0.2, -0.15) is 4.36 Å². The summed E-state index contributed by atoms with van der Waals surface area (Å²) in [6.45, 7) is 4.10. The molecule has 11 heavy (non-hydrogen) atoms. The van der Waals surface area contributed by atoms with Crippen LogP contribution in [0.3, 0.4) is 0 Å². The number of hydrogen-bond donors (Lipinski definition) is 1. The minimum absolute atomic E-state index is 0.408. The molecule has 0 saturated carbocycles. The van der Waals surface area contributed by atoms with Gasteiger partial charge in [0.25, 0.3) is 0 Å². The fourth-order valence-corrected chi connectivity index (χ4v) is 1.45. The fourth-order valence-electron chi connectivity index (χ4n) is 0.739. The van der Waals surface area contributed by atoms with Gasteiger partial charge in [0.2, 0.25) is 0 Å². The summed E-state index contributed by atoms with van der Waals surface area (Å²) in [5.74, 6) is 0.408. The second kappa shape index (κ2) is 2.79. The summed E-state index contributed by atoms with van der Waals surface area (Å²) in [5.41, 5.74) is 1.06. The van der Waals surface area contributed by atoms with Crippen molar-refractivity contribution in [3.8, 4) is 0 Å². The second-order valence-electron chi connectivity index (χ2n) is 2.81. The van der Waals surface area contributed by atoms with Crippen LogP contribution in [0.5, 0.6) is 0 Å². The zero-order chi connectivity index (χ0) is 8.48. The first-order chi connectivity index (χ1) is 5.01. The van der Waals surface area contributed by atoms with Crippen molar-refractivity contribution in [2.45, 2.75) is 13.8 Å². The van der Waals surface area contributed by atoms with Crippen molar-refractivity contribution in [3.05, 3.63) is 23.3 Å². The average molecular weight is 172 g/mol. The maximum absolute atomic E-state index is 11.1. The van der Waals surface area contributed by atoms with Crippen LogP contribution in [0, 0.1) is 5.92 Å². The lowest BCUT2D eigenvalue weighted by molar-refractivity contribution is 0.682. The maximum atomic E-state index is 11.1. The highest BCUT2D eigenvalue weighted by molar-refractivity contribution is 7.94. The third kappa shape index (κ3) is 2.17. The van der Waals surface area contributed by atoms with E-state index in [4.69, 9.17) is 5.14 Å². The van der Waals surface area contributed by atoms with Gasteiger partial charge < -0.3 is 0 Å². The van der Waals surface area contributed by atoms with Crippen LogP contribution in [-0.2, 0) is 9.92 Å². The highest BCUT2D eigenvalue weighted by atomic mass is 32.2. The minimum atomic E-state index is -2.53. The Kier molecular flexibility index (Phi) is 2.15. The second-order valence-corrected chi connectivity index (χ2v) is 4.52. The molecule has 0 spiro atoms.